The largest absolute Gasteiger partial charge is 0.497 e. The predicted molar refractivity (Wildman–Crippen MR) is 101 cm³/mol. The highest BCUT2D eigenvalue weighted by molar-refractivity contribution is 7.92. The molecule has 6 heteroatoms. The lowest BCUT2D eigenvalue weighted by atomic mass is 10.0. The van der Waals surface area contributed by atoms with Gasteiger partial charge in [-0.25, -0.2) is 8.42 Å². The lowest BCUT2D eigenvalue weighted by Crippen LogP contribution is -2.24. The van der Waals surface area contributed by atoms with E-state index in [-0.39, 0.29) is 16.1 Å². The van der Waals surface area contributed by atoms with Gasteiger partial charge >= 0.3 is 0 Å². The normalized spacial score (nSPS) is 15.4. The van der Waals surface area contributed by atoms with Gasteiger partial charge in [0.15, 0.2) is 9.84 Å². The van der Waals surface area contributed by atoms with Crippen molar-refractivity contribution in [1.29, 1.82) is 0 Å². The van der Waals surface area contributed by atoms with Gasteiger partial charge in [-0.15, -0.1) is 0 Å². The standard InChI is InChI=1S/C20H23NO4S/c1-25-17-12-10-16(11-13-17)21-20(22)15-6-5-9-19(14-15)26(23,24)18-7-3-2-4-8-18/h5-6,9-14,18H,2-4,7-8H2,1H3,(H,21,22). The minimum atomic E-state index is -3.40. The highest BCUT2D eigenvalue weighted by Crippen LogP contribution is 2.29. The zero-order valence-corrected chi connectivity index (χ0v) is 15.6. The van der Waals surface area contributed by atoms with Gasteiger partial charge in [-0.1, -0.05) is 25.3 Å². The van der Waals surface area contributed by atoms with Crippen molar-refractivity contribution in [3.63, 3.8) is 0 Å². The molecule has 1 aliphatic carbocycles. The second-order valence-corrected chi connectivity index (χ2v) is 8.74. The van der Waals surface area contributed by atoms with Gasteiger partial charge in [0.05, 0.1) is 17.3 Å². The van der Waals surface area contributed by atoms with Crippen LogP contribution in [0.15, 0.2) is 53.4 Å². The summed E-state index contributed by atoms with van der Waals surface area (Å²) < 4.78 is 30.8. The molecule has 1 saturated carbocycles. The molecule has 0 aromatic heterocycles. The lowest BCUT2D eigenvalue weighted by molar-refractivity contribution is 0.102. The van der Waals surface area contributed by atoms with Gasteiger partial charge in [-0.3, -0.25) is 4.79 Å². The Morgan fingerprint density at radius 3 is 2.38 bits per heavy atom. The van der Waals surface area contributed by atoms with Crippen LogP contribution in [0, 0.1) is 0 Å². The first kappa shape index (κ1) is 18.5. The van der Waals surface area contributed by atoms with E-state index in [1.165, 1.54) is 6.07 Å². The number of sulfone groups is 1. The summed E-state index contributed by atoms with van der Waals surface area (Å²) in [5.41, 5.74) is 0.953. The number of carbonyl (C=O) groups excluding carboxylic acids is 1. The fraction of sp³-hybridized carbons (Fsp3) is 0.350. The van der Waals surface area contributed by atoms with Crippen LogP contribution in [0.4, 0.5) is 5.69 Å². The van der Waals surface area contributed by atoms with E-state index in [9.17, 15) is 13.2 Å². The highest BCUT2D eigenvalue weighted by Gasteiger charge is 2.29. The first-order chi connectivity index (χ1) is 12.5. The maximum Gasteiger partial charge on any atom is 0.255 e. The molecule has 1 N–H and O–H groups in total. The summed E-state index contributed by atoms with van der Waals surface area (Å²) in [4.78, 5) is 12.7. The van der Waals surface area contributed by atoms with Gasteiger partial charge in [-0.05, 0) is 55.3 Å². The molecule has 0 aliphatic heterocycles. The van der Waals surface area contributed by atoms with Gasteiger partial charge in [0, 0.05) is 11.3 Å². The number of methoxy groups -OCH3 is 1. The van der Waals surface area contributed by atoms with Crippen molar-refractivity contribution >= 4 is 21.4 Å². The molecule has 26 heavy (non-hydrogen) atoms. The zero-order valence-electron chi connectivity index (χ0n) is 14.8. The Bertz CT molecular complexity index is 869. The van der Waals surface area contributed by atoms with E-state index < -0.39 is 9.84 Å². The van der Waals surface area contributed by atoms with Crippen molar-refractivity contribution in [3.8, 4) is 5.75 Å². The average Bonchev–Trinajstić information content (AvgIpc) is 2.69. The van der Waals surface area contributed by atoms with E-state index >= 15 is 0 Å². The number of carbonyl (C=O) groups is 1. The Balaban J connectivity index is 1.78. The minimum absolute atomic E-state index is 0.229. The highest BCUT2D eigenvalue weighted by atomic mass is 32.2. The van der Waals surface area contributed by atoms with Crippen molar-refractivity contribution in [2.24, 2.45) is 0 Å². The number of nitrogens with one attached hydrogen (secondary N) is 1. The third-order valence-electron chi connectivity index (χ3n) is 4.76. The Hall–Kier alpha value is -2.34. The molecule has 3 rings (SSSR count). The van der Waals surface area contributed by atoms with E-state index in [2.05, 4.69) is 5.32 Å². The Kier molecular flexibility index (Phi) is 5.61. The number of ether oxygens (including phenoxy) is 1. The first-order valence-electron chi connectivity index (χ1n) is 8.80. The van der Waals surface area contributed by atoms with Crippen molar-refractivity contribution in [2.45, 2.75) is 42.2 Å². The first-order valence-corrected chi connectivity index (χ1v) is 10.3. The van der Waals surface area contributed by atoms with Gasteiger partial charge in [0.1, 0.15) is 5.75 Å². The van der Waals surface area contributed by atoms with Crippen LogP contribution in [-0.4, -0.2) is 26.7 Å². The Morgan fingerprint density at radius 2 is 1.73 bits per heavy atom. The van der Waals surface area contributed by atoms with Crippen LogP contribution in [-0.2, 0) is 9.84 Å². The van der Waals surface area contributed by atoms with Gasteiger partial charge in [0.2, 0.25) is 0 Å². The van der Waals surface area contributed by atoms with Crippen molar-refractivity contribution in [1.82, 2.24) is 0 Å². The van der Waals surface area contributed by atoms with E-state index in [1.54, 1.807) is 49.6 Å². The van der Waals surface area contributed by atoms with Crippen LogP contribution in [0.5, 0.6) is 5.75 Å². The molecule has 1 amide bonds. The summed E-state index contributed by atoms with van der Waals surface area (Å²) in [5, 5.41) is 2.44. The summed E-state index contributed by atoms with van der Waals surface area (Å²) in [6, 6.07) is 13.3. The van der Waals surface area contributed by atoms with Crippen molar-refractivity contribution < 1.29 is 17.9 Å². The topological polar surface area (TPSA) is 72.5 Å². The molecule has 1 aliphatic rings. The lowest BCUT2D eigenvalue weighted by Gasteiger charge is -2.22. The van der Waals surface area contributed by atoms with Crippen molar-refractivity contribution in [3.05, 3.63) is 54.1 Å². The molecular formula is C20H23NO4S. The molecule has 1 fully saturated rings. The summed E-state index contributed by atoms with van der Waals surface area (Å²) >= 11 is 0. The predicted octanol–water partition coefficient (Wildman–Crippen LogP) is 4.05. The van der Waals surface area contributed by atoms with Crippen LogP contribution < -0.4 is 10.1 Å². The van der Waals surface area contributed by atoms with Crippen LogP contribution in [0.25, 0.3) is 0 Å². The van der Waals surface area contributed by atoms with Crippen LogP contribution in [0.1, 0.15) is 42.5 Å². The van der Waals surface area contributed by atoms with Crippen LogP contribution in [0.2, 0.25) is 0 Å². The molecule has 0 bridgehead atoms. The monoisotopic (exact) mass is 373 g/mol. The second-order valence-electron chi connectivity index (χ2n) is 6.52. The minimum Gasteiger partial charge on any atom is -0.497 e. The summed E-state index contributed by atoms with van der Waals surface area (Å²) in [5.74, 6) is 0.361. The van der Waals surface area contributed by atoms with Gasteiger partial charge in [-0.2, -0.15) is 0 Å². The number of benzene rings is 2. The molecule has 0 heterocycles. The zero-order chi connectivity index (χ0) is 18.6. The smallest absolute Gasteiger partial charge is 0.255 e. The molecule has 138 valence electrons. The average molecular weight is 373 g/mol. The Morgan fingerprint density at radius 1 is 1.04 bits per heavy atom. The van der Waals surface area contributed by atoms with Crippen molar-refractivity contribution in [2.75, 3.05) is 12.4 Å². The van der Waals surface area contributed by atoms with E-state index in [1.807, 2.05) is 0 Å². The van der Waals surface area contributed by atoms with E-state index in [0.29, 0.717) is 29.8 Å². The number of amides is 1. The number of rotatable bonds is 5. The molecule has 0 spiro atoms. The second kappa shape index (κ2) is 7.91. The maximum absolute atomic E-state index is 12.8. The fourth-order valence-corrected chi connectivity index (χ4v) is 5.16. The number of hydrogen-bond donors (Lipinski definition) is 1. The number of hydrogen-bond acceptors (Lipinski definition) is 4. The molecule has 0 radical (unpaired) electrons. The quantitative estimate of drug-likeness (QED) is 0.858. The molecule has 0 saturated heterocycles. The summed E-state index contributed by atoms with van der Waals surface area (Å²) in [6.45, 7) is 0. The molecule has 2 aromatic carbocycles. The Labute approximate surface area is 154 Å². The van der Waals surface area contributed by atoms with Crippen LogP contribution in [0.3, 0.4) is 0 Å². The summed E-state index contributed by atoms with van der Waals surface area (Å²) in [6.07, 6.45) is 4.38. The molecule has 0 unspecified atom stereocenters. The fourth-order valence-electron chi connectivity index (χ4n) is 3.26. The summed E-state index contributed by atoms with van der Waals surface area (Å²) in [7, 11) is -1.82. The van der Waals surface area contributed by atoms with Gasteiger partial charge < -0.3 is 10.1 Å². The molecular weight excluding hydrogens is 350 g/mol. The molecule has 0 atom stereocenters. The maximum atomic E-state index is 12.8. The SMILES string of the molecule is COc1ccc(NC(=O)c2cccc(S(=O)(=O)C3CCCCC3)c2)cc1. The molecule has 5 nitrogen and oxygen atoms in total. The third kappa shape index (κ3) is 4.07. The third-order valence-corrected chi connectivity index (χ3v) is 7.02. The van der Waals surface area contributed by atoms with Gasteiger partial charge in [0.25, 0.3) is 5.91 Å². The van der Waals surface area contributed by atoms with E-state index in [0.717, 1.165) is 19.3 Å². The van der Waals surface area contributed by atoms with E-state index in [4.69, 9.17) is 4.74 Å². The molecule has 2 aromatic rings. The van der Waals surface area contributed by atoms with Crippen LogP contribution >= 0.6 is 0 Å². The number of anilines is 1.